The maximum atomic E-state index is 11.1. The highest BCUT2D eigenvalue weighted by Gasteiger charge is 2.06. The van der Waals surface area contributed by atoms with Crippen molar-refractivity contribution in [2.45, 2.75) is 13.3 Å². The van der Waals surface area contributed by atoms with E-state index in [0.717, 1.165) is 24.0 Å². The molecule has 8 heteroatoms. The zero-order chi connectivity index (χ0) is 17.1. The molecule has 0 fully saturated rings. The molecule has 0 aliphatic rings. The molecule has 0 aliphatic carbocycles. The summed E-state index contributed by atoms with van der Waals surface area (Å²) in [5.41, 5.74) is 0.574. The summed E-state index contributed by atoms with van der Waals surface area (Å²) in [6.07, 6.45) is 2.23. The molecular weight excluding hydrogens is 295 g/mol. The van der Waals surface area contributed by atoms with Crippen LogP contribution in [0.1, 0.15) is 13.3 Å². The van der Waals surface area contributed by atoms with E-state index in [0.29, 0.717) is 5.57 Å². The predicted octanol–water partition coefficient (Wildman–Crippen LogP) is 0.425. The zero-order valence-corrected chi connectivity index (χ0v) is 14.2. The predicted molar refractivity (Wildman–Crippen MR) is 81.3 cm³/mol. The Labute approximate surface area is 127 Å². The number of carbonyl (C=O) groups excluding carboxylic acids is 1. The van der Waals surface area contributed by atoms with Crippen molar-refractivity contribution in [2.75, 3.05) is 40.8 Å². The number of carbonyl (C=O) groups is 1. The van der Waals surface area contributed by atoms with E-state index >= 15 is 0 Å². The lowest BCUT2D eigenvalue weighted by Gasteiger charge is -2.23. The number of nitrogens with one attached hydrogen (secondary N) is 1. The third-order valence-electron chi connectivity index (χ3n) is 2.03. The molecule has 124 valence electrons. The lowest BCUT2D eigenvalue weighted by Crippen LogP contribution is -2.37. The molecule has 0 aromatic heterocycles. The van der Waals surface area contributed by atoms with Gasteiger partial charge in [0.2, 0.25) is 5.91 Å². The second-order valence-corrected chi connectivity index (χ2v) is 6.65. The molecule has 21 heavy (non-hydrogen) atoms. The third kappa shape index (κ3) is 21.5. The number of rotatable bonds is 8. The van der Waals surface area contributed by atoms with Crippen molar-refractivity contribution in [1.29, 1.82) is 0 Å². The fraction of sp³-hybridized carbons (Fsp3) is 0.615. The molecule has 0 rings (SSSR count). The van der Waals surface area contributed by atoms with E-state index in [9.17, 15) is 14.3 Å². The van der Waals surface area contributed by atoms with Crippen molar-refractivity contribution in [3.8, 4) is 0 Å². The van der Waals surface area contributed by atoms with Crippen molar-refractivity contribution in [3.63, 3.8) is 0 Å². The van der Waals surface area contributed by atoms with Gasteiger partial charge in [0, 0.05) is 18.5 Å². The summed E-state index contributed by atoms with van der Waals surface area (Å²) < 4.78 is 14.5. The Balaban J connectivity index is 0. The van der Waals surface area contributed by atoms with Gasteiger partial charge in [-0.15, -0.1) is 6.58 Å². The van der Waals surface area contributed by atoms with Gasteiger partial charge in [0.15, 0.2) is 0 Å². The molecule has 1 atom stereocenters. The van der Waals surface area contributed by atoms with Crippen LogP contribution in [0.4, 0.5) is 0 Å². The molecule has 0 spiro atoms. The van der Waals surface area contributed by atoms with E-state index in [2.05, 4.69) is 44.1 Å². The highest BCUT2D eigenvalue weighted by Crippen LogP contribution is 2.29. The first-order chi connectivity index (χ1) is 9.39. The topological polar surface area (TPSA) is 98.7 Å². The maximum Gasteiger partial charge on any atom is 0.265 e. The third-order valence-corrected chi connectivity index (χ3v) is 2.51. The van der Waals surface area contributed by atoms with Gasteiger partial charge >= 0.3 is 0 Å². The van der Waals surface area contributed by atoms with Gasteiger partial charge in [-0.05, 0) is 6.92 Å². The number of quaternary nitrogens is 1. The molecule has 0 heterocycles. The summed E-state index contributed by atoms with van der Waals surface area (Å²) in [4.78, 5) is 28.6. The summed E-state index contributed by atoms with van der Waals surface area (Å²) in [5, 5.41) is 2.81. The summed E-state index contributed by atoms with van der Waals surface area (Å²) in [6.45, 7) is 10.1. The first kappa shape index (κ1) is 22.3. The lowest BCUT2D eigenvalue weighted by molar-refractivity contribution is -0.870. The fourth-order valence-corrected chi connectivity index (χ4v) is 1.35. The van der Waals surface area contributed by atoms with E-state index in [4.69, 9.17) is 4.89 Å². The van der Waals surface area contributed by atoms with Crippen molar-refractivity contribution >= 4 is 13.7 Å². The molecule has 1 amide bonds. The highest BCUT2D eigenvalue weighted by molar-refractivity contribution is 7.44. The van der Waals surface area contributed by atoms with Gasteiger partial charge in [-0.2, -0.15) is 0 Å². The van der Waals surface area contributed by atoms with Crippen LogP contribution in [-0.4, -0.2) is 56.1 Å². The van der Waals surface area contributed by atoms with Crippen LogP contribution in [0.3, 0.4) is 0 Å². The maximum absolute atomic E-state index is 11.1. The van der Waals surface area contributed by atoms with Crippen LogP contribution in [0, 0.1) is 0 Å². The molecule has 0 saturated carbocycles. The minimum absolute atomic E-state index is 0.0404. The van der Waals surface area contributed by atoms with Gasteiger partial charge in [-0.1, -0.05) is 12.7 Å². The van der Waals surface area contributed by atoms with Crippen LogP contribution < -0.4 is 10.2 Å². The number of phosphoric ester groups is 1. The smallest absolute Gasteiger partial charge is 0.265 e. The quantitative estimate of drug-likeness (QED) is 0.222. The van der Waals surface area contributed by atoms with Gasteiger partial charge in [-0.3, -0.25) is 9.36 Å². The minimum atomic E-state index is -4.50. The van der Waals surface area contributed by atoms with E-state index in [-0.39, 0.29) is 12.5 Å². The Hall–Kier alpha value is -0.980. The number of amides is 1. The SMILES string of the molecule is C=C(C)C(=O)NCCC[N+](C)(C)C.C=CCOP(=O)([O-])O. The van der Waals surface area contributed by atoms with Gasteiger partial charge in [0.05, 0.1) is 34.3 Å². The van der Waals surface area contributed by atoms with Crippen LogP contribution in [-0.2, 0) is 13.9 Å². The standard InChI is InChI=1S/C10H20N2O.C3H7O4P/c1-9(2)10(13)11-7-6-8-12(3,4)5;1-2-3-7-8(4,5)6/h1,6-8H2,2-5H3;2H,1,3H2,(H2,4,5,6). The van der Waals surface area contributed by atoms with Crippen molar-refractivity contribution < 1.29 is 28.2 Å². The molecule has 2 N–H and O–H groups in total. The Kier molecular flexibility index (Phi) is 11.4. The molecule has 0 aromatic rings. The first-order valence-corrected chi connectivity index (χ1v) is 7.92. The van der Waals surface area contributed by atoms with E-state index in [1.165, 1.54) is 6.08 Å². The molecule has 1 unspecified atom stereocenters. The van der Waals surface area contributed by atoms with Crippen molar-refractivity contribution in [2.24, 2.45) is 0 Å². The van der Waals surface area contributed by atoms with Crippen LogP contribution in [0.5, 0.6) is 0 Å². The monoisotopic (exact) mass is 322 g/mol. The molecule has 7 nitrogen and oxygen atoms in total. The van der Waals surface area contributed by atoms with Crippen LogP contribution in [0.2, 0.25) is 0 Å². The Morgan fingerprint density at radius 2 is 2.00 bits per heavy atom. The molecular formula is C13H27N2O5P. The molecule has 0 aliphatic heterocycles. The summed E-state index contributed by atoms with van der Waals surface area (Å²) in [7, 11) is 1.91. The second kappa shape index (κ2) is 10.7. The largest absolute Gasteiger partial charge is 0.756 e. The summed E-state index contributed by atoms with van der Waals surface area (Å²) in [5.74, 6) is -0.0404. The van der Waals surface area contributed by atoms with Gasteiger partial charge in [0.25, 0.3) is 7.82 Å². The summed E-state index contributed by atoms with van der Waals surface area (Å²) >= 11 is 0. The van der Waals surface area contributed by atoms with Crippen LogP contribution in [0.15, 0.2) is 24.8 Å². The minimum Gasteiger partial charge on any atom is -0.756 e. The number of hydrogen-bond acceptors (Lipinski definition) is 4. The van der Waals surface area contributed by atoms with E-state index in [1.54, 1.807) is 6.92 Å². The van der Waals surface area contributed by atoms with Gasteiger partial charge in [0.1, 0.15) is 0 Å². The normalized spacial score (nSPS) is 13.4. The Morgan fingerprint density at radius 1 is 1.48 bits per heavy atom. The number of nitrogens with zero attached hydrogens (tertiary/aromatic N) is 1. The Morgan fingerprint density at radius 3 is 2.29 bits per heavy atom. The lowest BCUT2D eigenvalue weighted by atomic mass is 10.3. The molecule has 0 bridgehead atoms. The number of hydrogen-bond donors (Lipinski definition) is 2. The molecule has 0 saturated heterocycles. The second-order valence-electron chi connectivity index (χ2n) is 5.46. The zero-order valence-electron chi connectivity index (χ0n) is 13.3. The fourth-order valence-electron chi connectivity index (χ4n) is 1.05. The summed E-state index contributed by atoms with van der Waals surface area (Å²) in [6, 6.07) is 0. The van der Waals surface area contributed by atoms with Crippen LogP contribution >= 0.6 is 7.82 Å². The van der Waals surface area contributed by atoms with Crippen molar-refractivity contribution in [1.82, 2.24) is 5.32 Å². The van der Waals surface area contributed by atoms with Crippen molar-refractivity contribution in [3.05, 3.63) is 24.8 Å². The molecule has 0 radical (unpaired) electrons. The average Bonchev–Trinajstić information content (AvgIpc) is 2.30. The van der Waals surface area contributed by atoms with Crippen LogP contribution in [0.25, 0.3) is 0 Å². The van der Waals surface area contributed by atoms with Gasteiger partial charge < -0.3 is 24.1 Å². The first-order valence-electron chi connectivity index (χ1n) is 6.42. The van der Waals surface area contributed by atoms with E-state index in [1.807, 2.05) is 0 Å². The average molecular weight is 322 g/mol. The highest BCUT2D eigenvalue weighted by atomic mass is 31.2. The molecule has 0 aromatic carbocycles. The Bertz CT molecular complexity index is 385. The van der Waals surface area contributed by atoms with E-state index < -0.39 is 7.82 Å². The van der Waals surface area contributed by atoms with Gasteiger partial charge in [-0.25, -0.2) is 0 Å². The number of phosphoric acid groups is 1.